The van der Waals surface area contributed by atoms with E-state index in [0.29, 0.717) is 5.56 Å². The zero-order valence-corrected chi connectivity index (χ0v) is 10.5. The molecule has 1 atom stereocenters. The first-order valence-electron chi connectivity index (χ1n) is 5.69. The SMILES string of the molecule is Cc1ccc([N+](=O)[O-])cc1CC1(C)NC(=O)NC1=O. The van der Waals surface area contributed by atoms with Gasteiger partial charge in [0.1, 0.15) is 5.54 Å². The summed E-state index contributed by atoms with van der Waals surface area (Å²) in [4.78, 5) is 33.1. The highest BCUT2D eigenvalue weighted by Crippen LogP contribution is 2.23. The third-order valence-electron chi connectivity index (χ3n) is 3.21. The van der Waals surface area contributed by atoms with Crippen LogP contribution in [0.5, 0.6) is 0 Å². The zero-order valence-electron chi connectivity index (χ0n) is 10.5. The maximum atomic E-state index is 11.7. The van der Waals surface area contributed by atoms with Crippen LogP contribution < -0.4 is 10.6 Å². The number of hydrogen-bond donors (Lipinski definition) is 2. The first kappa shape index (κ1) is 13.0. The fourth-order valence-electron chi connectivity index (χ4n) is 2.05. The zero-order chi connectivity index (χ0) is 14.2. The lowest BCUT2D eigenvalue weighted by molar-refractivity contribution is -0.384. The lowest BCUT2D eigenvalue weighted by Gasteiger charge is -2.21. The molecule has 1 aliphatic rings. The number of amides is 3. The lowest BCUT2D eigenvalue weighted by Crippen LogP contribution is -2.45. The third-order valence-corrected chi connectivity index (χ3v) is 3.21. The van der Waals surface area contributed by atoms with Crippen molar-refractivity contribution in [3.05, 3.63) is 39.4 Å². The van der Waals surface area contributed by atoms with E-state index in [9.17, 15) is 19.7 Å². The topological polar surface area (TPSA) is 101 Å². The van der Waals surface area contributed by atoms with E-state index < -0.39 is 22.4 Å². The number of benzene rings is 1. The van der Waals surface area contributed by atoms with Gasteiger partial charge in [-0.2, -0.15) is 0 Å². The predicted molar refractivity (Wildman–Crippen MR) is 66.6 cm³/mol. The van der Waals surface area contributed by atoms with Crippen molar-refractivity contribution in [1.29, 1.82) is 0 Å². The Bertz CT molecular complexity index is 584. The van der Waals surface area contributed by atoms with Crippen LogP contribution in [0.25, 0.3) is 0 Å². The molecule has 1 aliphatic heterocycles. The minimum absolute atomic E-state index is 0.0334. The Morgan fingerprint density at radius 3 is 2.58 bits per heavy atom. The lowest BCUT2D eigenvalue weighted by atomic mass is 9.90. The van der Waals surface area contributed by atoms with Gasteiger partial charge in [0.2, 0.25) is 0 Å². The summed E-state index contributed by atoms with van der Waals surface area (Å²) in [5, 5.41) is 15.5. The van der Waals surface area contributed by atoms with E-state index in [-0.39, 0.29) is 12.1 Å². The van der Waals surface area contributed by atoms with Crippen LogP contribution in [-0.2, 0) is 11.2 Å². The quantitative estimate of drug-likeness (QED) is 0.483. The van der Waals surface area contributed by atoms with Gasteiger partial charge in [-0.1, -0.05) is 6.07 Å². The summed E-state index contributed by atoms with van der Waals surface area (Å²) < 4.78 is 0. The minimum atomic E-state index is -1.07. The van der Waals surface area contributed by atoms with E-state index in [0.717, 1.165) is 5.56 Å². The fraction of sp³-hybridized carbons (Fsp3) is 0.333. The molecule has 0 spiro atoms. The summed E-state index contributed by atoms with van der Waals surface area (Å²) in [6, 6.07) is 3.92. The van der Waals surface area contributed by atoms with E-state index in [1.807, 2.05) is 0 Å². The molecule has 2 N–H and O–H groups in total. The number of nitro benzene ring substituents is 1. The van der Waals surface area contributed by atoms with Gasteiger partial charge < -0.3 is 5.32 Å². The van der Waals surface area contributed by atoms with Crippen molar-refractivity contribution in [2.24, 2.45) is 0 Å². The van der Waals surface area contributed by atoms with E-state index in [4.69, 9.17) is 0 Å². The van der Waals surface area contributed by atoms with Gasteiger partial charge in [-0.3, -0.25) is 20.2 Å². The molecule has 1 fully saturated rings. The van der Waals surface area contributed by atoms with Crippen LogP contribution in [0.3, 0.4) is 0 Å². The summed E-state index contributed by atoms with van der Waals surface area (Å²) in [6.07, 6.45) is 0.206. The number of non-ortho nitro benzene ring substituents is 1. The number of carbonyl (C=O) groups is 2. The molecule has 1 saturated heterocycles. The van der Waals surface area contributed by atoms with Crippen molar-refractivity contribution >= 4 is 17.6 Å². The maximum absolute atomic E-state index is 11.7. The smallest absolute Gasteiger partial charge is 0.322 e. The molecule has 2 rings (SSSR count). The van der Waals surface area contributed by atoms with Crippen LogP contribution in [0.15, 0.2) is 18.2 Å². The number of rotatable bonds is 3. The molecule has 0 bridgehead atoms. The molecule has 3 amide bonds. The second-order valence-electron chi connectivity index (χ2n) is 4.79. The van der Waals surface area contributed by atoms with Gasteiger partial charge in [0.15, 0.2) is 0 Å². The van der Waals surface area contributed by atoms with Gasteiger partial charge in [0.05, 0.1) is 4.92 Å². The van der Waals surface area contributed by atoms with Crippen LogP contribution in [0, 0.1) is 17.0 Å². The molecule has 7 nitrogen and oxygen atoms in total. The van der Waals surface area contributed by atoms with E-state index >= 15 is 0 Å². The summed E-state index contributed by atoms with van der Waals surface area (Å²) in [6.45, 7) is 3.39. The summed E-state index contributed by atoms with van der Waals surface area (Å²) in [5.74, 6) is -0.427. The number of nitrogens with zero attached hydrogens (tertiary/aromatic N) is 1. The Morgan fingerprint density at radius 2 is 2.05 bits per heavy atom. The van der Waals surface area contributed by atoms with Gasteiger partial charge in [-0.25, -0.2) is 4.79 Å². The first-order valence-corrected chi connectivity index (χ1v) is 5.69. The van der Waals surface area contributed by atoms with Crippen LogP contribution in [0.2, 0.25) is 0 Å². The largest absolute Gasteiger partial charge is 0.323 e. The standard InChI is InChI=1S/C12H13N3O4/c1-7-3-4-9(15(18)19)5-8(7)6-12(2)10(16)13-11(17)14-12/h3-5H,6H2,1-2H3,(H2,13,14,16,17). The summed E-state index contributed by atoms with van der Waals surface area (Å²) >= 11 is 0. The highest BCUT2D eigenvalue weighted by atomic mass is 16.6. The second-order valence-corrected chi connectivity index (χ2v) is 4.79. The first-order chi connectivity index (χ1) is 8.82. The Balaban J connectivity index is 2.33. The summed E-state index contributed by atoms with van der Waals surface area (Å²) in [5.41, 5.74) is 0.389. The van der Waals surface area contributed by atoms with E-state index in [2.05, 4.69) is 10.6 Å². The number of urea groups is 1. The normalized spacial score (nSPS) is 22.0. The Kier molecular flexibility index (Phi) is 2.97. The molecule has 7 heteroatoms. The van der Waals surface area contributed by atoms with Gasteiger partial charge in [-0.05, 0) is 25.0 Å². The monoisotopic (exact) mass is 263 g/mol. The second kappa shape index (κ2) is 4.34. The van der Waals surface area contributed by atoms with Crippen molar-refractivity contribution < 1.29 is 14.5 Å². The molecule has 1 aromatic carbocycles. The van der Waals surface area contributed by atoms with Crippen molar-refractivity contribution in [2.75, 3.05) is 0 Å². The maximum Gasteiger partial charge on any atom is 0.322 e. The number of carbonyl (C=O) groups excluding carboxylic acids is 2. The van der Waals surface area contributed by atoms with Crippen molar-refractivity contribution in [3.63, 3.8) is 0 Å². The van der Waals surface area contributed by atoms with Crippen LogP contribution in [-0.4, -0.2) is 22.4 Å². The highest BCUT2D eigenvalue weighted by molar-refractivity contribution is 6.06. The molecule has 1 aromatic rings. The van der Waals surface area contributed by atoms with Crippen molar-refractivity contribution in [1.82, 2.24) is 10.6 Å². The van der Waals surface area contributed by atoms with Gasteiger partial charge in [0, 0.05) is 18.6 Å². The average molecular weight is 263 g/mol. The van der Waals surface area contributed by atoms with Gasteiger partial charge in [-0.15, -0.1) is 0 Å². The molecular weight excluding hydrogens is 250 g/mol. The number of hydrogen-bond acceptors (Lipinski definition) is 4. The third kappa shape index (κ3) is 2.40. The highest BCUT2D eigenvalue weighted by Gasteiger charge is 2.42. The fourth-order valence-corrected chi connectivity index (χ4v) is 2.05. The molecular formula is C12H13N3O4. The van der Waals surface area contributed by atoms with Crippen LogP contribution in [0.1, 0.15) is 18.1 Å². The average Bonchev–Trinajstić information content (AvgIpc) is 2.55. The molecule has 100 valence electrons. The number of nitro groups is 1. The molecule has 19 heavy (non-hydrogen) atoms. The Labute approximate surface area is 109 Å². The van der Waals surface area contributed by atoms with E-state index in [1.165, 1.54) is 12.1 Å². The number of imide groups is 1. The molecule has 0 aromatic heterocycles. The van der Waals surface area contributed by atoms with Crippen molar-refractivity contribution in [2.45, 2.75) is 25.8 Å². The molecule has 0 saturated carbocycles. The van der Waals surface area contributed by atoms with Crippen molar-refractivity contribution in [3.8, 4) is 0 Å². The molecule has 1 unspecified atom stereocenters. The van der Waals surface area contributed by atoms with E-state index in [1.54, 1.807) is 19.9 Å². The summed E-state index contributed by atoms with van der Waals surface area (Å²) in [7, 11) is 0. The van der Waals surface area contributed by atoms with Gasteiger partial charge >= 0.3 is 6.03 Å². The predicted octanol–water partition coefficient (Wildman–Crippen LogP) is 1.04. The van der Waals surface area contributed by atoms with Crippen LogP contribution in [0.4, 0.5) is 10.5 Å². The molecule has 0 aliphatic carbocycles. The number of aryl methyl sites for hydroxylation is 1. The Morgan fingerprint density at radius 1 is 1.37 bits per heavy atom. The Hall–Kier alpha value is -2.44. The minimum Gasteiger partial charge on any atom is -0.323 e. The molecule has 1 heterocycles. The van der Waals surface area contributed by atoms with Crippen LogP contribution >= 0.6 is 0 Å². The molecule has 0 radical (unpaired) electrons. The van der Waals surface area contributed by atoms with Gasteiger partial charge in [0.25, 0.3) is 11.6 Å². The number of nitrogens with one attached hydrogen (secondary N) is 2.